The molecule has 100 valence electrons. The Labute approximate surface area is 109 Å². The third kappa shape index (κ3) is 3.96. The Morgan fingerprint density at radius 1 is 1.22 bits per heavy atom. The van der Waals surface area contributed by atoms with E-state index in [1.54, 1.807) is 20.4 Å². The van der Waals surface area contributed by atoms with Gasteiger partial charge in [-0.2, -0.15) is 0 Å². The second-order valence-corrected chi connectivity index (χ2v) is 3.74. The molecule has 4 heteroatoms. The highest BCUT2D eigenvalue weighted by atomic mass is 16.5. The summed E-state index contributed by atoms with van der Waals surface area (Å²) in [5, 5.41) is 0. The zero-order valence-electron chi connectivity index (χ0n) is 11.3. The highest BCUT2D eigenvalue weighted by molar-refractivity contribution is 5.42. The predicted octanol–water partition coefficient (Wildman–Crippen LogP) is 2.64. The van der Waals surface area contributed by atoms with Crippen molar-refractivity contribution < 1.29 is 14.2 Å². The Balaban J connectivity index is 2.74. The lowest BCUT2D eigenvalue weighted by molar-refractivity contribution is 0.0590. The molecule has 0 aliphatic carbocycles. The Kier molecular flexibility index (Phi) is 6.08. The Bertz CT molecular complexity index is 379. The second-order valence-electron chi connectivity index (χ2n) is 3.74. The van der Waals surface area contributed by atoms with Gasteiger partial charge in [-0.3, -0.25) is 0 Å². The van der Waals surface area contributed by atoms with Crippen molar-refractivity contribution in [3.05, 3.63) is 36.5 Å². The summed E-state index contributed by atoms with van der Waals surface area (Å²) in [4.78, 5) is 1.99. The molecule has 0 spiro atoms. The monoisotopic (exact) mass is 251 g/mol. The van der Waals surface area contributed by atoms with E-state index >= 15 is 0 Å². The number of ether oxygens (including phenoxy) is 3. The van der Waals surface area contributed by atoms with E-state index in [-0.39, 0.29) is 0 Å². The van der Waals surface area contributed by atoms with Crippen LogP contribution < -0.4 is 9.47 Å². The van der Waals surface area contributed by atoms with Gasteiger partial charge in [0.1, 0.15) is 6.73 Å². The van der Waals surface area contributed by atoms with Gasteiger partial charge >= 0.3 is 0 Å². The molecule has 0 saturated carbocycles. The van der Waals surface area contributed by atoms with Gasteiger partial charge in [-0.15, -0.1) is 0 Å². The first-order valence-corrected chi connectivity index (χ1v) is 5.90. The maximum atomic E-state index is 5.36. The molecule has 0 aliphatic rings. The topological polar surface area (TPSA) is 30.9 Å². The molecule has 0 unspecified atom stereocenters. The molecule has 0 fully saturated rings. The molecule has 0 heterocycles. The van der Waals surface area contributed by atoms with Gasteiger partial charge in [-0.25, -0.2) is 0 Å². The van der Waals surface area contributed by atoms with Crippen molar-refractivity contribution in [3.8, 4) is 11.5 Å². The number of benzene rings is 1. The normalized spacial score (nSPS) is 9.94. The van der Waals surface area contributed by atoms with E-state index < -0.39 is 0 Å². The Morgan fingerprint density at radius 2 is 1.94 bits per heavy atom. The number of hydrogen-bond donors (Lipinski definition) is 0. The van der Waals surface area contributed by atoms with E-state index in [0.717, 1.165) is 23.6 Å². The summed E-state index contributed by atoms with van der Waals surface area (Å²) in [6.07, 6.45) is 1.77. The van der Waals surface area contributed by atoms with Gasteiger partial charge in [-0.05, 0) is 30.8 Å². The van der Waals surface area contributed by atoms with Crippen LogP contribution in [-0.4, -0.2) is 32.5 Å². The van der Waals surface area contributed by atoms with Crippen LogP contribution in [0.25, 0.3) is 0 Å². The number of rotatable bonds is 8. The molecule has 4 nitrogen and oxygen atoms in total. The second kappa shape index (κ2) is 7.61. The third-order valence-corrected chi connectivity index (χ3v) is 2.55. The molecule has 0 atom stereocenters. The highest BCUT2D eigenvalue weighted by Crippen LogP contribution is 2.27. The van der Waals surface area contributed by atoms with E-state index in [2.05, 4.69) is 6.58 Å². The first-order valence-electron chi connectivity index (χ1n) is 5.90. The lowest BCUT2D eigenvalue weighted by atomic mass is 10.2. The van der Waals surface area contributed by atoms with E-state index in [9.17, 15) is 0 Å². The van der Waals surface area contributed by atoms with Crippen LogP contribution in [0.4, 0.5) is 0 Å². The van der Waals surface area contributed by atoms with Gasteiger partial charge in [0.2, 0.25) is 0 Å². The fourth-order valence-corrected chi connectivity index (χ4v) is 1.58. The number of nitrogens with zero attached hydrogens (tertiary/aromatic N) is 1. The highest BCUT2D eigenvalue weighted by Gasteiger charge is 2.06. The van der Waals surface area contributed by atoms with E-state index in [1.165, 1.54) is 0 Å². The minimum absolute atomic E-state index is 0.536. The summed E-state index contributed by atoms with van der Waals surface area (Å²) < 4.78 is 15.8. The smallest absolute Gasteiger partial charge is 0.161 e. The predicted molar refractivity (Wildman–Crippen MR) is 71.8 cm³/mol. The number of hydrogen-bond acceptors (Lipinski definition) is 4. The molecule has 0 amide bonds. The molecule has 1 rings (SSSR count). The average molecular weight is 251 g/mol. The van der Waals surface area contributed by atoms with Crippen molar-refractivity contribution in [2.45, 2.75) is 13.5 Å². The zero-order valence-corrected chi connectivity index (χ0v) is 11.3. The van der Waals surface area contributed by atoms with Gasteiger partial charge in [0.25, 0.3) is 0 Å². The van der Waals surface area contributed by atoms with Crippen LogP contribution in [0.1, 0.15) is 12.5 Å². The molecule has 1 aromatic carbocycles. The SMILES string of the molecule is C=CN(COCC)Cc1ccc(OC)c(OC)c1. The van der Waals surface area contributed by atoms with Gasteiger partial charge in [0.15, 0.2) is 11.5 Å². The molecular weight excluding hydrogens is 230 g/mol. The molecule has 0 aromatic heterocycles. The molecule has 1 aromatic rings. The van der Waals surface area contributed by atoms with E-state index in [0.29, 0.717) is 13.3 Å². The van der Waals surface area contributed by atoms with Gasteiger partial charge in [0, 0.05) is 13.2 Å². The average Bonchev–Trinajstić information content (AvgIpc) is 2.43. The van der Waals surface area contributed by atoms with Crippen LogP contribution in [-0.2, 0) is 11.3 Å². The van der Waals surface area contributed by atoms with E-state index in [1.807, 2.05) is 30.0 Å². The lowest BCUT2D eigenvalue weighted by Gasteiger charge is -2.20. The molecule has 0 bridgehead atoms. The minimum Gasteiger partial charge on any atom is -0.493 e. The fourth-order valence-electron chi connectivity index (χ4n) is 1.58. The summed E-state index contributed by atoms with van der Waals surface area (Å²) in [6.45, 7) is 7.70. The minimum atomic E-state index is 0.536. The molecule has 0 aliphatic heterocycles. The fraction of sp³-hybridized carbons (Fsp3) is 0.429. The summed E-state index contributed by atoms with van der Waals surface area (Å²) in [5.74, 6) is 1.46. The van der Waals surface area contributed by atoms with Crippen molar-refractivity contribution in [2.24, 2.45) is 0 Å². The maximum Gasteiger partial charge on any atom is 0.161 e. The van der Waals surface area contributed by atoms with Crippen LogP contribution in [0.3, 0.4) is 0 Å². The van der Waals surface area contributed by atoms with Crippen LogP contribution in [0, 0.1) is 0 Å². The largest absolute Gasteiger partial charge is 0.493 e. The lowest BCUT2D eigenvalue weighted by Crippen LogP contribution is -2.20. The van der Waals surface area contributed by atoms with Crippen LogP contribution >= 0.6 is 0 Å². The maximum absolute atomic E-state index is 5.36. The van der Waals surface area contributed by atoms with E-state index in [4.69, 9.17) is 14.2 Å². The summed E-state index contributed by atoms with van der Waals surface area (Å²) >= 11 is 0. The summed E-state index contributed by atoms with van der Waals surface area (Å²) in [5.41, 5.74) is 1.12. The van der Waals surface area contributed by atoms with Crippen molar-refractivity contribution in [1.29, 1.82) is 0 Å². The van der Waals surface area contributed by atoms with Crippen molar-refractivity contribution in [1.82, 2.24) is 4.90 Å². The number of methoxy groups -OCH3 is 2. The Morgan fingerprint density at radius 3 is 2.50 bits per heavy atom. The third-order valence-electron chi connectivity index (χ3n) is 2.55. The van der Waals surface area contributed by atoms with Gasteiger partial charge in [0.05, 0.1) is 14.2 Å². The Hall–Kier alpha value is -1.68. The molecule has 0 saturated heterocycles. The zero-order chi connectivity index (χ0) is 13.4. The molecule has 18 heavy (non-hydrogen) atoms. The van der Waals surface area contributed by atoms with Crippen molar-refractivity contribution >= 4 is 0 Å². The first kappa shape index (κ1) is 14.4. The van der Waals surface area contributed by atoms with Gasteiger partial charge < -0.3 is 19.1 Å². The molecule has 0 N–H and O–H groups in total. The molecule has 0 radical (unpaired) electrons. The van der Waals surface area contributed by atoms with Crippen LogP contribution in [0.15, 0.2) is 31.0 Å². The summed E-state index contributed by atoms with van der Waals surface area (Å²) in [7, 11) is 3.26. The van der Waals surface area contributed by atoms with Gasteiger partial charge in [-0.1, -0.05) is 12.6 Å². The van der Waals surface area contributed by atoms with Crippen molar-refractivity contribution in [3.63, 3.8) is 0 Å². The van der Waals surface area contributed by atoms with Crippen LogP contribution in [0.2, 0.25) is 0 Å². The van der Waals surface area contributed by atoms with Crippen LogP contribution in [0.5, 0.6) is 11.5 Å². The van der Waals surface area contributed by atoms with Crippen molar-refractivity contribution in [2.75, 3.05) is 27.6 Å². The standard InChI is InChI=1S/C14H21NO3/c1-5-15(11-18-6-2)10-12-7-8-13(16-3)14(9-12)17-4/h5,7-9H,1,6,10-11H2,2-4H3. The molecular formula is C14H21NO3. The first-order chi connectivity index (χ1) is 8.74. The summed E-state index contributed by atoms with van der Waals surface area (Å²) in [6, 6.07) is 5.86. The quantitative estimate of drug-likeness (QED) is 0.665.